The van der Waals surface area contributed by atoms with Gasteiger partial charge in [0, 0.05) is 18.8 Å². The molecule has 0 unspecified atom stereocenters. The minimum absolute atomic E-state index is 0.0969. The van der Waals surface area contributed by atoms with Crippen molar-refractivity contribution >= 4 is 28.6 Å². The van der Waals surface area contributed by atoms with E-state index in [-0.39, 0.29) is 17.4 Å². The lowest BCUT2D eigenvalue weighted by Crippen LogP contribution is -2.34. The number of hydrogen-bond acceptors (Lipinski definition) is 5. The Balaban J connectivity index is 1.38. The number of fused-ring (bicyclic) bond motifs is 1. The molecular weight excluding hydrogens is 494 g/mol. The Morgan fingerprint density at radius 1 is 1.21 bits per heavy atom. The predicted molar refractivity (Wildman–Crippen MR) is 157 cm³/mol. The molecule has 0 spiro atoms. The van der Waals surface area contributed by atoms with E-state index < -0.39 is 11.6 Å². The zero-order chi connectivity index (χ0) is 28.3. The number of aromatic nitrogens is 3. The molecule has 0 amide bonds. The first-order valence-corrected chi connectivity index (χ1v) is 13.8. The van der Waals surface area contributed by atoms with Crippen LogP contribution in [0, 0.1) is 24.6 Å². The van der Waals surface area contributed by atoms with Crippen LogP contribution in [-0.4, -0.2) is 38.7 Å². The van der Waals surface area contributed by atoms with Crippen molar-refractivity contribution in [2.45, 2.75) is 67.0 Å². The van der Waals surface area contributed by atoms with Crippen LogP contribution in [0.3, 0.4) is 0 Å². The monoisotopic (exact) mass is 534 g/mol. The number of nitrogens with zero attached hydrogens (tertiary/aromatic N) is 5. The first-order chi connectivity index (χ1) is 18.5. The van der Waals surface area contributed by atoms with Crippen LogP contribution in [-0.2, 0) is 6.54 Å². The topological polar surface area (TPSA) is 58.3 Å². The van der Waals surface area contributed by atoms with Gasteiger partial charge in [0.1, 0.15) is 28.8 Å². The van der Waals surface area contributed by atoms with Crippen LogP contribution in [0.4, 0.5) is 14.6 Å². The molecule has 1 aliphatic rings. The van der Waals surface area contributed by atoms with Gasteiger partial charge in [0.25, 0.3) is 0 Å². The number of rotatable bonds is 9. The second kappa shape index (κ2) is 12.2. The molecule has 1 aliphatic heterocycles. The molecule has 1 fully saturated rings. The number of halogens is 2. The molecule has 0 atom stereocenters. The van der Waals surface area contributed by atoms with Gasteiger partial charge < -0.3 is 9.88 Å². The summed E-state index contributed by atoms with van der Waals surface area (Å²) in [6.07, 6.45) is 5.44. The highest BCUT2D eigenvalue weighted by Crippen LogP contribution is 2.29. The molecule has 3 heterocycles. The fraction of sp³-hybridized carbons (Fsp3) is 0.452. The van der Waals surface area contributed by atoms with Crippen molar-refractivity contribution in [1.82, 2.24) is 19.4 Å². The third-order valence-corrected chi connectivity index (χ3v) is 7.64. The normalized spacial score (nSPS) is 16.1. The zero-order valence-corrected chi connectivity index (χ0v) is 23.9. The first kappa shape index (κ1) is 28.6. The van der Waals surface area contributed by atoms with Gasteiger partial charge in [0.2, 0.25) is 0 Å². The van der Waals surface area contributed by atoms with E-state index >= 15 is 4.39 Å². The summed E-state index contributed by atoms with van der Waals surface area (Å²) in [5.41, 5.74) is 2.80. The largest absolute Gasteiger partial charge is 0.326 e. The van der Waals surface area contributed by atoms with Crippen LogP contribution in [0.2, 0.25) is 0 Å². The van der Waals surface area contributed by atoms with E-state index in [1.54, 1.807) is 13.0 Å². The molecule has 3 aromatic rings. The number of pyridine rings is 1. The van der Waals surface area contributed by atoms with Crippen molar-refractivity contribution in [1.29, 1.82) is 0 Å². The highest BCUT2D eigenvalue weighted by Gasteiger charge is 2.21. The highest BCUT2D eigenvalue weighted by molar-refractivity contribution is 5.91. The summed E-state index contributed by atoms with van der Waals surface area (Å²) in [7, 11) is 0. The molecule has 208 valence electrons. The number of likely N-dealkylation sites (tertiary alicyclic amines) is 1. The maximum Gasteiger partial charge on any atom is 0.151 e. The van der Waals surface area contributed by atoms with Crippen LogP contribution < -0.4 is 5.32 Å². The van der Waals surface area contributed by atoms with E-state index in [0.29, 0.717) is 22.4 Å². The Morgan fingerprint density at radius 3 is 2.54 bits per heavy atom. The number of imidazole rings is 1. The van der Waals surface area contributed by atoms with E-state index in [4.69, 9.17) is 0 Å². The van der Waals surface area contributed by atoms with E-state index in [9.17, 15) is 4.39 Å². The number of aryl methyl sites for hydroxylation is 1. The van der Waals surface area contributed by atoms with Crippen LogP contribution >= 0.6 is 0 Å². The predicted octanol–water partition coefficient (Wildman–Crippen LogP) is 7.68. The van der Waals surface area contributed by atoms with Crippen LogP contribution in [0.25, 0.3) is 16.6 Å². The lowest BCUT2D eigenvalue weighted by Gasteiger charge is -2.33. The van der Waals surface area contributed by atoms with Gasteiger partial charge in [-0.05, 0) is 100 Å². The lowest BCUT2D eigenvalue weighted by atomic mass is 9.86. The lowest BCUT2D eigenvalue weighted by molar-refractivity contribution is 0.152. The molecule has 1 aromatic carbocycles. The smallest absolute Gasteiger partial charge is 0.151 e. The maximum atomic E-state index is 15.0. The van der Waals surface area contributed by atoms with Gasteiger partial charge in [-0.3, -0.25) is 4.90 Å². The zero-order valence-electron chi connectivity index (χ0n) is 23.9. The van der Waals surface area contributed by atoms with Gasteiger partial charge in [0.15, 0.2) is 5.82 Å². The molecule has 0 aliphatic carbocycles. The third kappa shape index (κ3) is 6.79. The summed E-state index contributed by atoms with van der Waals surface area (Å²) >= 11 is 0. The summed E-state index contributed by atoms with van der Waals surface area (Å²) in [6, 6.07) is 7.10. The number of anilines is 1. The van der Waals surface area contributed by atoms with Gasteiger partial charge in [0.05, 0.1) is 11.7 Å². The molecule has 6 nitrogen and oxygen atoms in total. The Hall–Kier alpha value is -3.39. The summed E-state index contributed by atoms with van der Waals surface area (Å²) in [4.78, 5) is 15.4. The Labute approximate surface area is 230 Å². The Morgan fingerprint density at radius 2 is 1.92 bits per heavy atom. The number of aliphatic imine (C=N–C) groups is 1. The van der Waals surface area contributed by atoms with Gasteiger partial charge in [-0.1, -0.05) is 26.5 Å². The number of nitrogens with one attached hydrogen (secondary N) is 1. The SMILES string of the molecule is C=C(/N=C\C(F)=C(/C)c1cc(F)c2nc(C)n(C(C)C)c2c1)Nc1ccc(CN2CCC(C(C)C)CC2)cn1. The van der Waals surface area contributed by atoms with Crippen LogP contribution in [0.5, 0.6) is 0 Å². The van der Waals surface area contributed by atoms with Crippen molar-refractivity contribution < 1.29 is 8.78 Å². The van der Waals surface area contributed by atoms with Crippen molar-refractivity contribution in [2.24, 2.45) is 16.8 Å². The van der Waals surface area contributed by atoms with E-state index in [1.807, 2.05) is 43.7 Å². The van der Waals surface area contributed by atoms with E-state index in [2.05, 4.69) is 45.6 Å². The third-order valence-electron chi connectivity index (χ3n) is 7.64. The van der Waals surface area contributed by atoms with Crippen LogP contribution in [0.1, 0.15) is 70.5 Å². The van der Waals surface area contributed by atoms with Crippen molar-refractivity contribution in [3.63, 3.8) is 0 Å². The number of hydrogen-bond donors (Lipinski definition) is 1. The second-order valence-corrected chi connectivity index (χ2v) is 11.2. The molecule has 2 aromatic heterocycles. The molecule has 1 N–H and O–H groups in total. The summed E-state index contributed by atoms with van der Waals surface area (Å²) < 4.78 is 31.8. The van der Waals surface area contributed by atoms with Gasteiger partial charge in [-0.2, -0.15) is 0 Å². The fourth-order valence-electron chi connectivity index (χ4n) is 5.31. The quantitative estimate of drug-likeness (QED) is 0.286. The fourth-order valence-corrected chi connectivity index (χ4v) is 5.31. The van der Waals surface area contributed by atoms with Crippen LogP contribution in [0.15, 0.2) is 53.7 Å². The molecular formula is C31H40F2N6. The molecule has 0 saturated carbocycles. The molecule has 4 rings (SSSR count). The standard InChI is InChI=1S/C31H40F2N6/c1-19(2)25-10-12-38(13-11-25)18-24-8-9-30(35-16-24)36-22(6)34-17-28(33)21(5)26-14-27(32)31-29(15-26)39(20(3)4)23(7)37-31/h8-9,14-17,19-20,25H,6,10-13,18H2,1-5,7H3,(H,35,36)/b28-21-,34-17-. The summed E-state index contributed by atoms with van der Waals surface area (Å²) in [5, 5.41) is 3.00. The minimum Gasteiger partial charge on any atom is -0.326 e. The molecule has 8 heteroatoms. The van der Waals surface area contributed by atoms with Crippen molar-refractivity contribution in [3.05, 3.63) is 71.5 Å². The van der Waals surface area contributed by atoms with Gasteiger partial charge in [-0.15, -0.1) is 0 Å². The first-order valence-electron chi connectivity index (χ1n) is 13.8. The van der Waals surface area contributed by atoms with E-state index in [0.717, 1.165) is 49.1 Å². The Kier molecular flexibility index (Phi) is 8.95. The van der Waals surface area contributed by atoms with Crippen molar-refractivity contribution in [3.8, 4) is 0 Å². The number of benzene rings is 1. The average molecular weight is 535 g/mol. The second-order valence-electron chi connectivity index (χ2n) is 11.2. The molecule has 0 radical (unpaired) electrons. The minimum atomic E-state index is -0.575. The number of piperidine rings is 1. The number of allylic oxidation sites excluding steroid dienone is 2. The molecule has 1 saturated heterocycles. The van der Waals surface area contributed by atoms with Gasteiger partial charge >= 0.3 is 0 Å². The van der Waals surface area contributed by atoms with Crippen molar-refractivity contribution in [2.75, 3.05) is 18.4 Å². The highest BCUT2D eigenvalue weighted by atomic mass is 19.1. The molecule has 39 heavy (non-hydrogen) atoms. The van der Waals surface area contributed by atoms with Gasteiger partial charge in [-0.25, -0.2) is 23.7 Å². The summed E-state index contributed by atoms with van der Waals surface area (Å²) in [6.45, 7) is 19.1. The average Bonchev–Trinajstić information content (AvgIpc) is 3.25. The summed E-state index contributed by atoms with van der Waals surface area (Å²) in [5.74, 6) is 2.08. The Bertz CT molecular complexity index is 1380. The molecule has 0 bridgehead atoms. The van der Waals surface area contributed by atoms with E-state index in [1.165, 1.54) is 18.9 Å². The maximum absolute atomic E-state index is 15.0.